The van der Waals surface area contributed by atoms with E-state index in [4.69, 9.17) is 4.74 Å². The summed E-state index contributed by atoms with van der Waals surface area (Å²) in [6.45, 7) is 5.32. The maximum absolute atomic E-state index is 12.5. The minimum atomic E-state index is -0.950. The van der Waals surface area contributed by atoms with Gasteiger partial charge in [-0.15, -0.1) is 0 Å². The maximum atomic E-state index is 12.5. The Morgan fingerprint density at radius 2 is 1.95 bits per heavy atom. The largest absolute Gasteiger partial charge is 0.466 e. The second-order valence-electron chi connectivity index (χ2n) is 5.00. The van der Waals surface area contributed by atoms with Crippen molar-refractivity contribution in [2.45, 2.75) is 33.3 Å². The number of esters is 2. The molecule has 116 valence electrons. The fraction of sp³-hybridized carbons (Fsp3) is 0.353. The topological polar surface area (TPSA) is 65.5 Å². The molecule has 1 aromatic carbocycles. The molecule has 0 fully saturated rings. The number of hydrogen-bond acceptors (Lipinski definition) is 5. The molecule has 1 aromatic heterocycles. The van der Waals surface area contributed by atoms with Gasteiger partial charge in [0.15, 0.2) is 6.10 Å². The van der Waals surface area contributed by atoms with E-state index in [1.165, 1.54) is 14.0 Å². The fourth-order valence-electron chi connectivity index (χ4n) is 2.40. The second kappa shape index (κ2) is 6.56. The summed E-state index contributed by atoms with van der Waals surface area (Å²) in [5, 5.41) is 0.722. The van der Waals surface area contributed by atoms with Crippen molar-refractivity contribution in [1.82, 2.24) is 4.98 Å². The minimum Gasteiger partial charge on any atom is -0.466 e. The van der Waals surface area contributed by atoms with Crippen molar-refractivity contribution in [3.05, 3.63) is 41.1 Å². The highest BCUT2D eigenvalue weighted by Crippen LogP contribution is 2.24. The van der Waals surface area contributed by atoms with E-state index in [2.05, 4.69) is 9.72 Å². The number of fused-ring (bicyclic) bond motifs is 1. The molecule has 0 saturated heterocycles. The number of para-hydroxylation sites is 1. The molecule has 1 heterocycles. The highest BCUT2D eigenvalue weighted by molar-refractivity contribution is 6.05. The number of carbonyl (C=O) groups excluding carboxylic acids is 2. The van der Waals surface area contributed by atoms with Crippen LogP contribution in [0.25, 0.3) is 10.9 Å². The zero-order chi connectivity index (χ0) is 16.3. The van der Waals surface area contributed by atoms with E-state index in [1.807, 2.05) is 38.1 Å². The average Bonchev–Trinajstić information content (AvgIpc) is 2.53. The van der Waals surface area contributed by atoms with E-state index in [0.717, 1.165) is 22.2 Å². The van der Waals surface area contributed by atoms with Gasteiger partial charge in [-0.3, -0.25) is 4.98 Å². The first-order chi connectivity index (χ1) is 10.5. The van der Waals surface area contributed by atoms with Gasteiger partial charge in [0.2, 0.25) is 0 Å². The summed E-state index contributed by atoms with van der Waals surface area (Å²) in [6, 6.07) is 7.40. The predicted molar refractivity (Wildman–Crippen MR) is 82.8 cm³/mol. The van der Waals surface area contributed by atoms with Crippen molar-refractivity contribution in [2.24, 2.45) is 0 Å². The fourth-order valence-corrected chi connectivity index (χ4v) is 2.40. The van der Waals surface area contributed by atoms with Crippen LogP contribution in [0, 0.1) is 6.92 Å². The summed E-state index contributed by atoms with van der Waals surface area (Å²) in [4.78, 5) is 28.5. The third-order valence-corrected chi connectivity index (χ3v) is 3.59. The first kappa shape index (κ1) is 15.9. The first-order valence-electron chi connectivity index (χ1n) is 7.16. The van der Waals surface area contributed by atoms with E-state index in [-0.39, 0.29) is 0 Å². The van der Waals surface area contributed by atoms with Crippen LogP contribution in [0.1, 0.15) is 35.5 Å². The molecule has 0 amide bonds. The molecule has 0 unspecified atom stereocenters. The summed E-state index contributed by atoms with van der Waals surface area (Å²) in [6.07, 6.45) is -0.238. The summed E-state index contributed by atoms with van der Waals surface area (Å²) in [7, 11) is 1.26. The molecule has 5 heteroatoms. The number of benzene rings is 1. The van der Waals surface area contributed by atoms with E-state index in [1.54, 1.807) is 0 Å². The van der Waals surface area contributed by atoms with Crippen LogP contribution in [-0.4, -0.2) is 30.1 Å². The smallest absolute Gasteiger partial charge is 0.346 e. The SMILES string of the molecule is CCc1nc2ccccc2c(C(=O)O[C@@H](C)C(=O)OC)c1C. The molecular formula is C17H19NO4. The summed E-state index contributed by atoms with van der Waals surface area (Å²) >= 11 is 0. The average molecular weight is 301 g/mol. The Balaban J connectivity index is 2.51. The van der Waals surface area contributed by atoms with Crippen molar-refractivity contribution in [3.8, 4) is 0 Å². The van der Waals surface area contributed by atoms with Gasteiger partial charge >= 0.3 is 11.9 Å². The standard InChI is InChI=1S/C17H19NO4/c1-5-13-10(2)15(12-8-6-7-9-14(12)18-13)17(20)22-11(3)16(19)21-4/h6-9,11H,5H2,1-4H3/t11-/m0/s1. The lowest BCUT2D eigenvalue weighted by atomic mass is 10.0. The number of aromatic nitrogens is 1. The lowest BCUT2D eigenvalue weighted by molar-refractivity contribution is -0.149. The Labute approximate surface area is 129 Å². The summed E-state index contributed by atoms with van der Waals surface area (Å²) in [5.41, 5.74) is 2.82. The van der Waals surface area contributed by atoms with Crippen molar-refractivity contribution >= 4 is 22.8 Å². The van der Waals surface area contributed by atoms with Crippen LogP contribution >= 0.6 is 0 Å². The molecule has 22 heavy (non-hydrogen) atoms. The van der Waals surface area contributed by atoms with E-state index in [0.29, 0.717) is 12.0 Å². The van der Waals surface area contributed by atoms with Crippen LogP contribution in [0.3, 0.4) is 0 Å². The molecule has 0 aliphatic carbocycles. The minimum absolute atomic E-state index is 0.457. The number of carbonyl (C=O) groups is 2. The maximum Gasteiger partial charge on any atom is 0.346 e. The van der Waals surface area contributed by atoms with Crippen LogP contribution in [0.4, 0.5) is 0 Å². The highest BCUT2D eigenvalue weighted by atomic mass is 16.6. The molecule has 2 rings (SSSR count). The van der Waals surface area contributed by atoms with Crippen molar-refractivity contribution in [3.63, 3.8) is 0 Å². The number of nitrogens with zero attached hydrogens (tertiary/aromatic N) is 1. The third-order valence-electron chi connectivity index (χ3n) is 3.59. The summed E-state index contributed by atoms with van der Waals surface area (Å²) in [5.74, 6) is -1.12. The van der Waals surface area contributed by atoms with Crippen LogP contribution in [0.2, 0.25) is 0 Å². The number of hydrogen-bond donors (Lipinski definition) is 0. The Morgan fingerprint density at radius 1 is 1.27 bits per heavy atom. The van der Waals surface area contributed by atoms with Gasteiger partial charge in [-0.1, -0.05) is 25.1 Å². The Morgan fingerprint density at radius 3 is 2.59 bits per heavy atom. The normalized spacial score (nSPS) is 12.0. The van der Waals surface area contributed by atoms with Gasteiger partial charge in [-0.25, -0.2) is 9.59 Å². The first-order valence-corrected chi connectivity index (χ1v) is 7.16. The van der Waals surface area contributed by atoms with E-state index < -0.39 is 18.0 Å². The molecule has 5 nitrogen and oxygen atoms in total. The Kier molecular flexibility index (Phi) is 4.75. The molecular weight excluding hydrogens is 282 g/mol. The molecule has 2 aromatic rings. The monoisotopic (exact) mass is 301 g/mol. The molecule has 0 spiro atoms. The zero-order valence-electron chi connectivity index (χ0n) is 13.2. The lowest BCUT2D eigenvalue weighted by Gasteiger charge is -2.15. The zero-order valence-corrected chi connectivity index (χ0v) is 13.2. The van der Waals surface area contributed by atoms with Gasteiger partial charge < -0.3 is 9.47 Å². The van der Waals surface area contributed by atoms with Crippen molar-refractivity contribution in [2.75, 3.05) is 7.11 Å². The van der Waals surface area contributed by atoms with Crippen molar-refractivity contribution in [1.29, 1.82) is 0 Å². The number of pyridine rings is 1. The Hall–Kier alpha value is -2.43. The molecule has 1 atom stereocenters. The van der Waals surface area contributed by atoms with Gasteiger partial charge in [0.05, 0.1) is 18.2 Å². The Bertz CT molecular complexity index is 724. The van der Waals surface area contributed by atoms with Gasteiger partial charge in [-0.05, 0) is 31.9 Å². The number of rotatable bonds is 4. The highest BCUT2D eigenvalue weighted by Gasteiger charge is 2.23. The third kappa shape index (κ3) is 2.93. The van der Waals surface area contributed by atoms with Crippen LogP contribution in [0.5, 0.6) is 0 Å². The van der Waals surface area contributed by atoms with E-state index in [9.17, 15) is 9.59 Å². The molecule has 0 saturated carbocycles. The van der Waals surface area contributed by atoms with Crippen LogP contribution < -0.4 is 0 Å². The molecule has 0 aliphatic rings. The molecule has 0 radical (unpaired) electrons. The van der Waals surface area contributed by atoms with Gasteiger partial charge in [0, 0.05) is 11.1 Å². The van der Waals surface area contributed by atoms with E-state index >= 15 is 0 Å². The van der Waals surface area contributed by atoms with Crippen LogP contribution in [0.15, 0.2) is 24.3 Å². The predicted octanol–water partition coefficient (Wildman–Crippen LogP) is 2.82. The number of aryl methyl sites for hydroxylation is 1. The van der Waals surface area contributed by atoms with Gasteiger partial charge in [0.25, 0.3) is 0 Å². The molecule has 0 aliphatic heterocycles. The quantitative estimate of drug-likeness (QED) is 0.812. The van der Waals surface area contributed by atoms with Crippen molar-refractivity contribution < 1.29 is 19.1 Å². The number of methoxy groups -OCH3 is 1. The lowest BCUT2D eigenvalue weighted by Crippen LogP contribution is -2.26. The van der Waals surface area contributed by atoms with Gasteiger partial charge in [0.1, 0.15) is 0 Å². The number of ether oxygens (including phenoxy) is 2. The summed E-state index contributed by atoms with van der Waals surface area (Å²) < 4.78 is 9.82. The van der Waals surface area contributed by atoms with Gasteiger partial charge in [-0.2, -0.15) is 0 Å². The van der Waals surface area contributed by atoms with Crippen LogP contribution in [-0.2, 0) is 20.7 Å². The second-order valence-corrected chi connectivity index (χ2v) is 5.00. The molecule has 0 bridgehead atoms. The molecule has 0 N–H and O–H groups in total.